The second-order valence-corrected chi connectivity index (χ2v) is 8.14. The number of carbonyl (C=O) groups excluding carboxylic acids is 1. The SMILES string of the molecule is CS(=O)(=O)NC1CCN(C(=O)c2ccc(Cn3cccn3)cc2)CC1. The number of rotatable bonds is 5. The molecule has 3 rings (SSSR count). The molecular weight excluding hydrogens is 340 g/mol. The Hall–Kier alpha value is -2.19. The van der Waals surface area contributed by atoms with Gasteiger partial charge in [0, 0.05) is 37.1 Å². The zero-order valence-corrected chi connectivity index (χ0v) is 14.9. The van der Waals surface area contributed by atoms with E-state index in [0.29, 0.717) is 38.0 Å². The Morgan fingerprint density at radius 1 is 1.24 bits per heavy atom. The van der Waals surface area contributed by atoms with Gasteiger partial charge in [0.15, 0.2) is 0 Å². The van der Waals surface area contributed by atoms with Crippen molar-refractivity contribution >= 4 is 15.9 Å². The molecule has 0 bridgehead atoms. The fraction of sp³-hybridized carbons (Fsp3) is 0.412. The van der Waals surface area contributed by atoms with E-state index >= 15 is 0 Å². The van der Waals surface area contributed by atoms with Gasteiger partial charge in [-0.25, -0.2) is 13.1 Å². The number of nitrogens with one attached hydrogen (secondary N) is 1. The highest BCUT2D eigenvalue weighted by atomic mass is 32.2. The predicted octanol–water partition coefficient (Wildman–Crippen LogP) is 1.09. The number of amides is 1. The molecule has 1 fully saturated rings. The van der Waals surface area contributed by atoms with Crippen LogP contribution >= 0.6 is 0 Å². The van der Waals surface area contributed by atoms with Crippen molar-refractivity contribution in [1.82, 2.24) is 19.4 Å². The monoisotopic (exact) mass is 362 g/mol. The Balaban J connectivity index is 1.56. The number of hydrogen-bond donors (Lipinski definition) is 1. The topological polar surface area (TPSA) is 84.3 Å². The van der Waals surface area contributed by atoms with Crippen molar-refractivity contribution in [3.05, 3.63) is 53.9 Å². The van der Waals surface area contributed by atoms with Gasteiger partial charge in [-0.2, -0.15) is 5.10 Å². The summed E-state index contributed by atoms with van der Waals surface area (Å²) in [7, 11) is -3.20. The first-order valence-corrected chi connectivity index (χ1v) is 10.1. The average Bonchev–Trinajstić information content (AvgIpc) is 3.07. The molecule has 7 nitrogen and oxygen atoms in total. The molecule has 1 N–H and O–H groups in total. The molecule has 1 aromatic carbocycles. The molecule has 0 spiro atoms. The van der Waals surface area contributed by atoms with Crippen LogP contribution in [0, 0.1) is 0 Å². The molecule has 25 heavy (non-hydrogen) atoms. The molecule has 0 unspecified atom stereocenters. The van der Waals surface area contributed by atoms with Crippen LogP contribution in [0.15, 0.2) is 42.7 Å². The molecule has 0 radical (unpaired) electrons. The van der Waals surface area contributed by atoms with Gasteiger partial charge in [-0.3, -0.25) is 9.48 Å². The maximum absolute atomic E-state index is 12.6. The van der Waals surface area contributed by atoms with Gasteiger partial charge in [-0.05, 0) is 36.6 Å². The Labute approximate surface area is 147 Å². The van der Waals surface area contributed by atoms with E-state index in [4.69, 9.17) is 0 Å². The zero-order chi connectivity index (χ0) is 17.9. The Kier molecular flexibility index (Phi) is 5.19. The fourth-order valence-electron chi connectivity index (χ4n) is 3.02. The number of nitrogens with zero attached hydrogens (tertiary/aromatic N) is 3. The maximum Gasteiger partial charge on any atom is 0.253 e. The summed E-state index contributed by atoms with van der Waals surface area (Å²) < 4.78 is 27.0. The summed E-state index contributed by atoms with van der Waals surface area (Å²) in [5.41, 5.74) is 1.73. The first-order chi connectivity index (χ1) is 11.9. The van der Waals surface area contributed by atoms with Crippen LogP contribution in [-0.2, 0) is 16.6 Å². The van der Waals surface area contributed by atoms with E-state index in [9.17, 15) is 13.2 Å². The van der Waals surface area contributed by atoms with E-state index in [-0.39, 0.29) is 11.9 Å². The lowest BCUT2D eigenvalue weighted by molar-refractivity contribution is 0.0711. The number of hydrogen-bond acceptors (Lipinski definition) is 4. The van der Waals surface area contributed by atoms with Crippen LogP contribution < -0.4 is 4.72 Å². The molecule has 0 aliphatic carbocycles. The molecule has 1 saturated heterocycles. The molecule has 1 amide bonds. The number of carbonyl (C=O) groups is 1. The van der Waals surface area contributed by atoms with Gasteiger partial charge in [-0.1, -0.05) is 12.1 Å². The van der Waals surface area contributed by atoms with Crippen LogP contribution in [0.25, 0.3) is 0 Å². The van der Waals surface area contributed by atoms with Gasteiger partial charge >= 0.3 is 0 Å². The average molecular weight is 362 g/mol. The Bertz CT molecular complexity index is 808. The van der Waals surface area contributed by atoms with Crippen molar-refractivity contribution < 1.29 is 13.2 Å². The number of piperidine rings is 1. The maximum atomic E-state index is 12.6. The second-order valence-electron chi connectivity index (χ2n) is 6.36. The lowest BCUT2D eigenvalue weighted by Crippen LogP contribution is -2.46. The normalized spacial score (nSPS) is 16.1. The van der Waals surface area contributed by atoms with E-state index in [1.807, 2.05) is 41.2 Å². The zero-order valence-electron chi connectivity index (χ0n) is 14.1. The van der Waals surface area contributed by atoms with Gasteiger partial charge in [0.25, 0.3) is 5.91 Å². The summed E-state index contributed by atoms with van der Waals surface area (Å²) in [5, 5.41) is 4.17. The van der Waals surface area contributed by atoms with Gasteiger partial charge in [0.05, 0.1) is 12.8 Å². The minimum absolute atomic E-state index is 0.0107. The highest BCUT2D eigenvalue weighted by molar-refractivity contribution is 7.88. The number of aromatic nitrogens is 2. The van der Waals surface area contributed by atoms with Gasteiger partial charge in [0.2, 0.25) is 10.0 Å². The molecular formula is C17H22N4O3S. The first-order valence-electron chi connectivity index (χ1n) is 8.24. The molecule has 1 aliphatic heterocycles. The highest BCUT2D eigenvalue weighted by Crippen LogP contribution is 2.15. The first kappa shape index (κ1) is 17.6. The summed E-state index contributed by atoms with van der Waals surface area (Å²) in [6, 6.07) is 9.33. The number of benzene rings is 1. The van der Waals surface area contributed by atoms with Crippen molar-refractivity contribution in [3.8, 4) is 0 Å². The van der Waals surface area contributed by atoms with Gasteiger partial charge < -0.3 is 4.90 Å². The van der Waals surface area contributed by atoms with Crippen molar-refractivity contribution in [2.75, 3.05) is 19.3 Å². The van der Waals surface area contributed by atoms with Crippen LogP contribution in [0.5, 0.6) is 0 Å². The molecule has 2 heterocycles. The number of sulfonamides is 1. The van der Waals surface area contributed by atoms with Crippen LogP contribution in [0.1, 0.15) is 28.8 Å². The predicted molar refractivity (Wildman–Crippen MR) is 94.7 cm³/mol. The summed E-state index contributed by atoms with van der Waals surface area (Å²) in [4.78, 5) is 14.4. The van der Waals surface area contributed by atoms with Crippen molar-refractivity contribution in [2.24, 2.45) is 0 Å². The Morgan fingerprint density at radius 2 is 1.92 bits per heavy atom. The minimum atomic E-state index is -3.20. The molecule has 2 aromatic rings. The van der Waals surface area contributed by atoms with Crippen LogP contribution in [-0.4, -0.2) is 54.4 Å². The molecule has 1 aromatic heterocycles. The van der Waals surface area contributed by atoms with E-state index in [2.05, 4.69) is 9.82 Å². The minimum Gasteiger partial charge on any atom is -0.339 e. The van der Waals surface area contributed by atoms with E-state index in [0.717, 1.165) is 11.8 Å². The lowest BCUT2D eigenvalue weighted by Gasteiger charge is -2.32. The standard InChI is InChI=1S/C17H22N4O3S/c1-25(23,24)19-16-7-11-20(12-8-16)17(22)15-5-3-14(4-6-15)13-21-10-2-9-18-21/h2-6,9-10,16,19H,7-8,11-13H2,1H3. The third kappa shape index (κ3) is 4.90. The van der Waals surface area contributed by atoms with E-state index < -0.39 is 10.0 Å². The van der Waals surface area contributed by atoms with E-state index in [1.165, 1.54) is 0 Å². The quantitative estimate of drug-likeness (QED) is 0.863. The smallest absolute Gasteiger partial charge is 0.253 e. The van der Waals surface area contributed by atoms with Crippen LogP contribution in [0.3, 0.4) is 0 Å². The third-order valence-corrected chi connectivity index (χ3v) is 5.03. The molecule has 0 atom stereocenters. The van der Waals surface area contributed by atoms with Crippen molar-refractivity contribution in [2.45, 2.75) is 25.4 Å². The highest BCUT2D eigenvalue weighted by Gasteiger charge is 2.25. The summed E-state index contributed by atoms with van der Waals surface area (Å²) in [6.45, 7) is 1.78. The summed E-state index contributed by atoms with van der Waals surface area (Å²) in [6.07, 6.45) is 6.07. The second kappa shape index (κ2) is 7.37. The Morgan fingerprint density at radius 3 is 2.48 bits per heavy atom. The van der Waals surface area contributed by atoms with Gasteiger partial charge in [-0.15, -0.1) is 0 Å². The third-order valence-electron chi connectivity index (χ3n) is 4.27. The molecule has 8 heteroatoms. The molecule has 0 saturated carbocycles. The molecule has 134 valence electrons. The summed E-state index contributed by atoms with van der Waals surface area (Å²) >= 11 is 0. The largest absolute Gasteiger partial charge is 0.339 e. The summed E-state index contributed by atoms with van der Waals surface area (Å²) in [5.74, 6) is -0.0107. The van der Waals surface area contributed by atoms with Crippen LogP contribution in [0.4, 0.5) is 0 Å². The van der Waals surface area contributed by atoms with E-state index in [1.54, 1.807) is 11.1 Å². The van der Waals surface area contributed by atoms with Gasteiger partial charge in [0.1, 0.15) is 0 Å². The molecule has 1 aliphatic rings. The lowest BCUT2D eigenvalue weighted by atomic mass is 10.0. The van der Waals surface area contributed by atoms with Crippen molar-refractivity contribution in [1.29, 1.82) is 0 Å². The number of likely N-dealkylation sites (tertiary alicyclic amines) is 1. The van der Waals surface area contributed by atoms with Crippen LogP contribution in [0.2, 0.25) is 0 Å². The van der Waals surface area contributed by atoms with Crippen molar-refractivity contribution in [3.63, 3.8) is 0 Å². The fourth-order valence-corrected chi connectivity index (χ4v) is 3.86.